The molecule has 2 unspecified atom stereocenters. The fourth-order valence-corrected chi connectivity index (χ4v) is 6.02. The van der Waals surface area contributed by atoms with Crippen LogP contribution in [0.15, 0.2) is 34.8 Å². The smallest absolute Gasteiger partial charge is 0.255 e. The van der Waals surface area contributed by atoms with Gasteiger partial charge in [-0.05, 0) is 57.5 Å². The van der Waals surface area contributed by atoms with Crippen molar-refractivity contribution in [3.8, 4) is 5.75 Å². The highest BCUT2D eigenvalue weighted by atomic mass is 35.5. The summed E-state index contributed by atoms with van der Waals surface area (Å²) in [4.78, 5) is 52.9. The standard InChI is InChI=1S/C27H34N4O8.ClH/c1-4-5-8-29-11-16(32)30-15-7-6-12-9-13-10-14-20(31(2)3)23(35)19(26(28)38)25(37)27(14,39)24(36)18(13)22(34)17(12)21(15)33;/h6-7,13-14,20,29,33,35-36,39H,4-5,8-11H2,1-3H3,(H2,28,38)(H,30,32);1H/t13?,14?,20-,27-;/m0./s1. The second kappa shape index (κ2) is 11.6. The fourth-order valence-electron chi connectivity index (χ4n) is 6.02. The van der Waals surface area contributed by atoms with Gasteiger partial charge in [0, 0.05) is 11.5 Å². The number of carbonyl (C=O) groups excluding carboxylic acids is 4. The van der Waals surface area contributed by atoms with Gasteiger partial charge in [0.05, 0.1) is 23.8 Å². The van der Waals surface area contributed by atoms with E-state index in [1.165, 1.54) is 11.0 Å². The van der Waals surface area contributed by atoms with Crippen LogP contribution in [0.3, 0.4) is 0 Å². The summed E-state index contributed by atoms with van der Waals surface area (Å²) in [6, 6.07) is 2.03. The van der Waals surface area contributed by atoms with Crippen LogP contribution in [0.25, 0.3) is 0 Å². The van der Waals surface area contributed by atoms with Crippen LogP contribution in [0.2, 0.25) is 0 Å². The Hall–Kier alpha value is -3.45. The van der Waals surface area contributed by atoms with E-state index in [1.807, 2.05) is 6.92 Å². The topological polar surface area (TPSA) is 203 Å². The molecule has 3 aliphatic carbocycles. The number of Topliss-reactive ketones (excluding diaryl/α,β-unsaturated/α-hetero) is 2. The van der Waals surface area contributed by atoms with Gasteiger partial charge in [0.1, 0.15) is 17.1 Å². The molecule has 4 atom stereocenters. The summed E-state index contributed by atoms with van der Waals surface area (Å²) >= 11 is 0. The van der Waals surface area contributed by atoms with Crippen LogP contribution in [0, 0.1) is 11.8 Å². The molecule has 4 rings (SSSR count). The second-order valence-corrected chi connectivity index (χ2v) is 10.5. The van der Waals surface area contributed by atoms with Crippen molar-refractivity contribution in [2.75, 3.05) is 32.5 Å². The number of aromatic hydroxyl groups is 1. The number of primary amides is 1. The third-order valence-electron chi connectivity index (χ3n) is 7.86. The summed E-state index contributed by atoms with van der Waals surface area (Å²) in [6.45, 7) is 2.68. The minimum absolute atomic E-state index is 0. The average molecular weight is 579 g/mol. The van der Waals surface area contributed by atoms with E-state index in [0.717, 1.165) is 12.8 Å². The number of amides is 2. The van der Waals surface area contributed by atoms with Crippen molar-refractivity contribution in [3.05, 3.63) is 45.9 Å². The third-order valence-corrected chi connectivity index (χ3v) is 7.86. The number of phenolic OH excluding ortho intramolecular Hbond substituents is 1. The number of phenols is 1. The molecule has 1 aromatic carbocycles. The summed E-state index contributed by atoms with van der Waals surface area (Å²) < 4.78 is 0. The Kier molecular flexibility index (Phi) is 8.99. The number of allylic oxidation sites excluding steroid dienone is 1. The number of likely N-dealkylation sites (N-methyl/N-ethyl adjacent to an activating group) is 1. The summed E-state index contributed by atoms with van der Waals surface area (Å²) in [7, 11) is 3.14. The van der Waals surface area contributed by atoms with Gasteiger partial charge in [-0.15, -0.1) is 12.4 Å². The van der Waals surface area contributed by atoms with Gasteiger partial charge in [-0.3, -0.25) is 24.1 Å². The van der Waals surface area contributed by atoms with Crippen LogP contribution in [-0.2, 0) is 20.8 Å². The molecule has 13 heteroatoms. The summed E-state index contributed by atoms with van der Waals surface area (Å²) in [5.41, 5.74) is 1.83. The van der Waals surface area contributed by atoms with E-state index in [0.29, 0.717) is 12.1 Å². The van der Waals surface area contributed by atoms with E-state index < -0.39 is 69.7 Å². The molecule has 8 N–H and O–H groups in total. The number of aliphatic hydroxyl groups is 3. The first kappa shape index (κ1) is 31.1. The Morgan fingerprint density at radius 1 is 1.18 bits per heavy atom. The maximum atomic E-state index is 13.7. The number of rotatable bonds is 8. The fraction of sp³-hybridized carbons (Fsp3) is 0.481. The molecule has 0 saturated heterocycles. The Morgan fingerprint density at radius 2 is 1.85 bits per heavy atom. The number of nitrogens with zero attached hydrogens (tertiary/aromatic N) is 1. The molecule has 40 heavy (non-hydrogen) atoms. The van der Waals surface area contributed by atoms with E-state index >= 15 is 0 Å². The minimum atomic E-state index is -2.70. The summed E-state index contributed by atoms with van der Waals surface area (Å²) in [5.74, 6) is -7.60. The zero-order chi connectivity index (χ0) is 28.8. The van der Waals surface area contributed by atoms with Crippen LogP contribution >= 0.6 is 12.4 Å². The number of nitrogens with two attached hydrogens (primary N) is 1. The SMILES string of the molecule is CCCCNCC(=O)Nc1ccc2c(c1O)C(=O)C1=C(O)[C@]3(O)C(=O)C(C(N)=O)=C(O)[C@@H](N(C)C)C3CC1C2.Cl. The number of hydrogen-bond acceptors (Lipinski definition) is 10. The normalized spacial score (nSPS) is 25.7. The van der Waals surface area contributed by atoms with Crippen molar-refractivity contribution >= 4 is 41.5 Å². The molecule has 0 fully saturated rings. The number of hydrogen-bond donors (Lipinski definition) is 7. The van der Waals surface area contributed by atoms with Crippen molar-refractivity contribution in [1.82, 2.24) is 10.2 Å². The molecule has 12 nitrogen and oxygen atoms in total. The van der Waals surface area contributed by atoms with Gasteiger partial charge in [0.2, 0.25) is 11.7 Å². The molecule has 0 aliphatic heterocycles. The lowest BCUT2D eigenvalue weighted by molar-refractivity contribution is -0.148. The van der Waals surface area contributed by atoms with Gasteiger partial charge >= 0.3 is 0 Å². The maximum absolute atomic E-state index is 13.7. The van der Waals surface area contributed by atoms with Crippen LogP contribution in [-0.4, -0.2) is 87.5 Å². The van der Waals surface area contributed by atoms with Gasteiger partial charge in [-0.1, -0.05) is 19.4 Å². The number of aliphatic hydroxyl groups excluding tert-OH is 2. The van der Waals surface area contributed by atoms with E-state index in [2.05, 4.69) is 10.6 Å². The Bertz CT molecular complexity index is 1320. The highest BCUT2D eigenvalue weighted by Crippen LogP contribution is 2.52. The van der Waals surface area contributed by atoms with Crippen molar-refractivity contribution in [2.45, 2.75) is 44.2 Å². The Morgan fingerprint density at radius 3 is 2.45 bits per heavy atom. The van der Waals surface area contributed by atoms with E-state index in [1.54, 1.807) is 20.2 Å². The first-order valence-electron chi connectivity index (χ1n) is 12.9. The summed E-state index contributed by atoms with van der Waals surface area (Å²) in [5, 5.41) is 50.2. The minimum Gasteiger partial charge on any atom is -0.510 e. The first-order chi connectivity index (χ1) is 18.4. The molecule has 0 bridgehead atoms. The van der Waals surface area contributed by atoms with Gasteiger partial charge in [0.15, 0.2) is 17.1 Å². The highest BCUT2D eigenvalue weighted by Gasteiger charge is 2.63. The Balaban J connectivity index is 0.00000441. The molecule has 0 heterocycles. The van der Waals surface area contributed by atoms with Crippen molar-refractivity contribution < 1.29 is 39.6 Å². The number of nitrogens with one attached hydrogen (secondary N) is 2. The lowest BCUT2D eigenvalue weighted by atomic mass is 9.58. The van der Waals surface area contributed by atoms with Crippen molar-refractivity contribution in [2.24, 2.45) is 17.6 Å². The van der Waals surface area contributed by atoms with Gasteiger partial charge < -0.3 is 36.8 Å². The largest absolute Gasteiger partial charge is 0.510 e. The molecule has 1 aromatic rings. The molecular weight excluding hydrogens is 544 g/mol. The predicted octanol–water partition coefficient (Wildman–Crippen LogP) is 0.871. The van der Waals surface area contributed by atoms with Gasteiger partial charge in [-0.2, -0.15) is 0 Å². The van der Waals surface area contributed by atoms with Gasteiger partial charge in [0.25, 0.3) is 5.91 Å². The van der Waals surface area contributed by atoms with Crippen molar-refractivity contribution in [3.63, 3.8) is 0 Å². The number of anilines is 1. The zero-order valence-electron chi connectivity index (χ0n) is 22.5. The van der Waals surface area contributed by atoms with Crippen LogP contribution in [0.1, 0.15) is 42.1 Å². The molecule has 3 aliphatic rings. The van der Waals surface area contributed by atoms with Crippen molar-refractivity contribution in [1.29, 1.82) is 0 Å². The molecule has 0 radical (unpaired) electrons. The van der Waals surface area contributed by atoms with Crippen LogP contribution in [0.4, 0.5) is 5.69 Å². The van der Waals surface area contributed by atoms with E-state index in [9.17, 15) is 39.6 Å². The quantitative estimate of drug-likeness (QED) is 0.132. The maximum Gasteiger partial charge on any atom is 0.255 e. The van der Waals surface area contributed by atoms with Gasteiger partial charge in [-0.25, -0.2) is 0 Å². The molecule has 0 spiro atoms. The lowest BCUT2D eigenvalue weighted by Crippen LogP contribution is -2.63. The average Bonchev–Trinajstić information content (AvgIpc) is 2.85. The molecule has 2 amide bonds. The number of fused-ring (bicyclic) bond motifs is 3. The zero-order valence-corrected chi connectivity index (χ0v) is 23.3. The third kappa shape index (κ3) is 4.85. The monoisotopic (exact) mass is 578 g/mol. The molecule has 0 aromatic heterocycles. The number of ketones is 2. The first-order valence-corrected chi connectivity index (χ1v) is 12.9. The second-order valence-electron chi connectivity index (χ2n) is 10.5. The number of unbranched alkanes of at least 4 members (excludes halogenated alkanes) is 1. The van der Waals surface area contributed by atoms with E-state index in [4.69, 9.17) is 5.73 Å². The summed E-state index contributed by atoms with van der Waals surface area (Å²) in [6.07, 6.45) is 2.04. The number of halogens is 1. The highest BCUT2D eigenvalue weighted by molar-refractivity contribution is 6.25. The molecule has 0 saturated carbocycles. The lowest BCUT2D eigenvalue weighted by Gasteiger charge is -2.50. The predicted molar refractivity (Wildman–Crippen MR) is 147 cm³/mol. The molecule has 218 valence electrons. The van der Waals surface area contributed by atoms with E-state index in [-0.39, 0.29) is 48.6 Å². The van der Waals surface area contributed by atoms with Crippen LogP contribution < -0.4 is 16.4 Å². The van der Waals surface area contributed by atoms with Crippen LogP contribution in [0.5, 0.6) is 5.75 Å². The molecular formula is C27H35ClN4O8. The number of carbonyl (C=O) groups is 4. The Labute approximate surface area is 237 Å². The number of benzene rings is 1.